The Hall–Kier alpha value is -4.72. The highest BCUT2D eigenvalue weighted by atomic mass is 15.1. The maximum absolute atomic E-state index is 5.77. The van der Waals surface area contributed by atoms with Gasteiger partial charge >= 0.3 is 0 Å². The molecule has 1 unspecified atom stereocenters. The first-order valence-electron chi connectivity index (χ1n) is 11.2. The van der Waals surface area contributed by atoms with Gasteiger partial charge in [0.1, 0.15) is 0 Å². The number of allylic oxidation sites excluding steroid dienone is 1. The van der Waals surface area contributed by atoms with Gasteiger partial charge in [-0.15, -0.1) is 0 Å². The van der Waals surface area contributed by atoms with Gasteiger partial charge in [0.25, 0.3) is 0 Å². The minimum atomic E-state index is 0.0449. The Bertz CT molecular complexity index is 1470. The molecule has 0 saturated carbocycles. The van der Waals surface area contributed by atoms with Gasteiger partial charge in [-0.2, -0.15) is 0 Å². The summed E-state index contributed by atoms with van der Waals surface area (Å²) in [4.78, 5) is 17.2. The Morgan fingerprint density at radius 3 is 2.17 bits per heavy atom. The predicted octanol–water partition coefficient (Wildman–Crippen LogP) is 4.17. The normalized spacial score (nSPS) is 15.3. The number of aromatic nitrogens is 2. The third-order valence-corrected chi connectivity index (χ3v) is 6.08. The maximum Gasteiger partial charge on any atom is 0.192 e. The molecule has 8 heteroatoms. The number of nitrogens with two attached hydrogens (primary N) is 2. The average molecular weight is 463 g/mol. The lowest BCUT2D eigenvalue weighted by Gasteiger charge is -2.23. The molecule has 0 radical (unpaired) electrons. The predicted molar refractivity (Wildman–Crippen MR) is 145 cm³/mol. The monoisotopic (exact) mass is 462 g/mol. The fraction of sp³-hybridized carbons (Fsp3) is 0.111. The lowest BCUT2D eigenvalue weighted by atomic mass is 9.82. The molecular formula is C27H26N8. The Balaban J connectivity index is 1.52. The fourth-order valence-electron chi connectivity index (χ4n) is 4.34. The molecule has 174 valence electrons. The van der Waals surface area contributed by atoms with Gasteiger partial charge in [-0.1, -0.05) is 42.5 Å². The van der Waals surface area contributed by atoms with Crippen molar-refractivity contribution in [2.45, 2.75) is 5.92 Å². The zero-order valence-electron chi connectivity index (χ0n) is 19.5. The lowest BCUT2D eigenvalue weighted by Crippen LogP contribution is -2.22. The molecule has 1 aliphatic carbocycles. The zero-order valence-corrected chi connectivity index (χ0v) is 19.5. The maximum atomic E-state index is 5.77. The van der Waals surface area contributed by atoms with E-state index in [1.54, 1.807) is 26.5 Å². The fourth-order valence-corrected chi connectivity index (χ4v) is 4.34. The second-order valence-electron chi connectivity index (χ2n) is 8.18. The summed E-state index contributed by atoms with van der Waals surface area (Å²) in [5, 5.41) is 8.44. The number of benzene rings is 2. The summed E-state index contributed by atoms with van der Waals surface area (Å²) in [6.45, 7) is 0. The van der Waals surface area contributed by atoms with Gasteiger partial charge < -0.3 is 22.1 Å². The van der Waals surface area contributed by atoms with Gasteiger partial charge in [-0.25, -0.2) is 0 Å². The second kappa shape index (κ2) is 9.26. The second-order valence-corrected chi connectivity index (χ2v) is 8.18. The van der Waals surface area contributed by atoms with Crippen LogP contribution in [0.25, 0.3) is 28.1 Å². The largest absolute Gasteiger partial charge is 0.370 e. The lowest BCUT2D eigenvalue weighted by molar-refractivity contribution is 0.964. The number of hydrogen-bond acceptors (Lipinski definition) is 4. The van der Waals surface area contributed by atoms with Crippen LogP contribution in [0.2, 0.25) is 0 Å². The SMILES string of the molecule is CN=C(N)Nc1ccc(-c2ccc3cccc4c3c2C=CC4c2ccc(NC(N)=NC)cn2)nc1. The Labute approximate surface area is 203 Å². The van der Waals surface area contributed by atoms with Gasteiger partial charge in [0.05, 0.1) is 35.2 Å². The number of rotatable bonds is 4. The minimum absolute atomic E-state index is 0.0449. The van der Waals surface area contributed by atoms with Crippen LogP contribution < -0.4 is 22.1 Å². The summed E-state index contributed by atoms with van der Waals surface area (Å²) >= 11 is 0. The van der Waals surface area contributed by atoms with Crippen LogP contribution in [-0.2, 0) is 0 Å². The van der Waals surface area contributed by atoms with Crippen LogP contribution >= 0.6 is 0 Å². The molecule has 2 aromatic heterocycles. The number of guanidine groups is 2. The number of hydrogen-bond donors (Lipinski definition) is 4. The molecule has 0 bridgehead atoms. The molecule has 0 aliphatic heterocycles. The Kier molecular flexibility index (Phi) is 5.85. The highest BCUT2D eigenvalue weighted by Crippen LogP contribution is 2.41. The summed E-state index contributed by atoms with van der Waals surface area (Å²) in [6, 6.07) is 18.6. The van der Waals surface area contributed by atoms with E-state index in [2.05, 4.69) is 68.1 Å². The van der Waals surface area contributed by atoms with Crippen molar-refractivity contribution < 1.29 is 0 Å². The van der Waals surface area contributed by atoms with Crippen LogP contribution in [0.15, 0.2) is 83.1 Å². The number of pyridine rings is 2. The summed E-state index contributed by atoms with van der Waals surface area (Å²) in [7, 11) is 3.28. The first kappa shape index (κ1) is 22.1. The van der Waals surface area contributed by atoms with Gasteiger partial charge in [-0.3, -0.25) is 20.0 Å². The molecule has 5 rings (SSSR count). The van der Waals surface area contributed by atoms with Crippen molar-refractivity contribution in [1.29, 1.82) is 0 Å². The van der Waals surface area contributed by atoms with E-state index in [1.165, 1.54) is 16.3 Å². The van der Waals surface area contributed by atoms with Gasteiger partial charge in [0.2, 0.25) is 0 Å². The van der Waals surface area contributed by atoms with Crippen LogP contribution in [0.3, 0.4) is 0 Å². The van der Waals surface area contributed by atoms with E-state index >= 15 is 0 Å². The quantitative estimate of drug-likeness (QED) is 0.266. The molecule has 0 spiro atoms. The summed E-state index contributed by atoms with van der Waals surface area (Å²) in [5.74, 6) is 0.740. The van der Waals surface area contributed by atoms with Crippen molar-refractivity contribution in [2.24, 2.45) is 21.5 Å². The summed E-state index contributed by atoms with van der Waals surface area (Å²) < 4.78 is 0. The molecule has 6 N–H and O–H groups in total. The third kappa shape index (κ3) is 4.29. The summed E-state index contributed by atoms with van der Waals surface area (Å²) in [5.41, 5.74) is 18.4. The smallest absolute Gasteiger partial charge is 0.192 e. The van der Waals surface area contributed by atoms with Crippen molar-refractivity contribution >= 4 is 40.1 Å². The molecule has 0 saturated heterocycles. The van der Waals surface area contributed by atoms with Gasteiger partial charge in [0.15, 0.2) is 11.9 Å². The van der Waals surface area contributed by atoms with E-state index in [9.17, 15) is 0 Å². The topological polar surface area (TPSA) is 127 Å². The van der Waals surface area contributed by atoms with Crippen molar-refractivity contribution in [2.75, 3.05) is 24.7 Å². The molecule has 0 fully saturated rings. The molecule has 8 nitrogen and oxygen atoms in total. The first-order valence-corrected chi connectivity index (χ1v) is 11.2. The van der Waals surface area contributed by atoms with Crippen LogP contribution in [0.5, 0.6) is 0 Å². The van der Waals surface area contributed by atoms with Crippen LogP contribution in [0.1, 0.15) is 22.7 Å². The van der Waals surface area contributed by atoms with Crippen molar-refractivity contribution in [1.82, 2.24) is 9.97 Å². The average Bonchev–Trinajstić information content (AvgIpc) is 2.90. The zero-order chi connectivity index (χ0) is 24.4. The van der Waals surface area contributed by atoms with E-state index in [0.717, 1.165) is 33.9 Å². The van der Waals surface area contributed by atoms with Crippen LogP contribution in [-0.4, -0.2) is 36.0 Å². The van der Waals surface area contributed by atoms with Crippen molar-refractivity contribution in [3.63, 3.8) is 0 Å². The molecule has 1 atom stereocenters. The Morgan fingerprint density at radius 2 is 1.54 bits per heavy atom. The number of nitrogens with zero attached hydrogens (tertiary/aromatic N) is 4. The molecule has 2 aromatic carbocycles. The van der Waals surface area contributed by atoms with E-state index in [-0.39, 0.29) is 5.92 Å². The van der Waals surface area contributed by atoms with Crippen molar-refractivity contribution in [3.8, 4) is 11.3 Å². The van der Waals surface area contributed by atoms with Gasteiger partial charge in [-0.05, 0) is 46.2 Å². The first-order chi connectivity index (χ1) is 17.1. The number of nitrogens with one attached hydrogen (secondary N) is 2. The van der Waals surface area contributed by atoms with Crippen LogP contribution in [0.4, 0.5) is 11.4 Å². The van der Waals surface area contributed by atoms with Gasteiger partial charge in [0, 0.05) is 25.6 Å². The highest BCUT2D eigenvalue weighted by Gasteiger charge is 2.22. The third-order valence-electron chi connectivity index (χ3n) is 6.08. The molecule has 1 aliphatic rings. The van der Waals surface area contributed by atoms with Crippen molar-refractivity contribution in [3.05, 3.63) is 89.9 Å². The molecule has 2 heterocycles. The van der Waals surface area contributed by atoms with E-state index in [0.29, 0.717) is 11.9 Å². The summed E-state index contributed by atoms with van der Waals surface area (Å²) in [6.07, 6.45) is 7.93. The highest BCUT2D eigenvalue weighted by molar-refractivity contribution is 6.01. The number of anilines is 2. The molecule has 35 heavy (non-hydrogen) atoms. The van der Waals surface area contributed by atoms with E-state index in [1.807, 2.05) is 24.3 Å². The molecule has 4 aromatic rings. The van der Waals surface area contributed by atoms with E-state index < -0.39 is 0 Å². The van der Waals surface area contributed by atoms with E-state index in [4.69, 9.17) is 16.5 Å². The molecule has 0 amide bonds. The standard InChI is InChI=1S/C27H26N8/c1-30-26(28)34-17-7-12-23(32-14-17)19-9-6-16-4-3-5-21-20(10-11-22(19)25(16)21)24-13-8-18(15-33-24)35-27(29)31-2/h3-15,20H,1-2H3,(H3,28,30,34)(H3,29,31,35). The Morgan fingerprint density at radius 1 is 0.829 bits per heavy atom. The number of aliphatic imine (C=N–C) groups is 2. The van der Waals surface area contributed by atoms with Crippen LogP contribution in [0, 0.1) is 0 Å². The minimum Gasteiger partial charge on any atom is -0.370 e. The molecular weight excluding hydrogens is 436 g/mol.